The third-order valence-electron chi connectivity index (χ3n) is 3.93. The van der Waals surface area contributed by atoms with Gasteiger partial charge in [-0.3, -0.25) is 9.78 Å². The number of carbonyl (C=O) groups excluding carboxylic acids is 1. The minimum Gasteiger partial charge on any atom is -0.490 e. The molecule has 7 heteroatoms. The number of carbonyl (C=O) groups is 2. The van der Waals surface area contributed by atoms with Crippen molar-refractivity contribution in [3.05, 3.63) is 53.9 Å². The zero-order valence-electron chi connectivity index (χ0n) is 16.3. The first-order valence-electron chi connectivity index (χ1n) is 9.23. The lowest BCUT2D eigenvalue weighted by Gasteiger charge is -2.17. The third-order valence-corrected chi connectivity index (χ3v) is 3.93. The van der Waals surface area contributed by atoms with Crippen molar-refractivity contribution in [3.8, 4) is 11.5 Å². The molecule has 150 valence electrons. The van der Waals surface area contributed by atoms with E-state index in [2.05, 4.69) is 10.3 Å². The first-order chi connectivity index (χ1) is 13.4. The summed E-state index contributed by atoms with van der Waals surface area (Å²) in [7, 11) is 0. The molecule has 2 aromatic rings. The summed E-state index contributed by atoms with van der Waals surface area (Å²) in [4.78, 5) is 27.9. The van der Waals surface area contributed by atoms with E-state index in [0.29, 0.717) is 36.7 Å². The predicted octanol–water partition coefficient (Wildman–Crippen LogP) is 3.29. The Hall–Kier alpha value is -3.09. The first-order valence-corrected chi connectivity index (χ1v) is 9.23. The molecule has 0 saturated carbocycles. The number of pyridine rings is 1. The molecule has 0 unspecified atom stereocenters. The Morgan fingerprint density at radius 1 is 1.18 bits per heavy atom. The van der Waals surface area contributed by atoms with E-state index < -0.39 is 17.9 Å². The zero-order valence-corrected chi connectivity index (χ0v) is 16.3. The monoisotopic (exact) mass is 386 g/mol. The fraction of sp³-hybridized carbons (Fsp3) is 0.381. The van der Waals surface area contributed by atoms with Crippen molar-refractivity contribution in [2.75, 3.05) is 6.61 Å². The van der Waals surface area contributed by atoms with E-state index in [4.69, 9.17) is 9.47 Å². The van der Waals surface area contributed by atoms with E-state index in [0.717, 1.165) is 5.56 Å². The molecule has 28 heavy (non-hydrogen) atoms. The highest BCUT2D eigenvalue weighted by molar-refractivity contribution is 5.97. The molecule has 1 heterocycles. The van der Waals surface area contributed by atoms with Crippen LogP contribution in [0.15, 0.2) is 42.7 Å². The number of aliphatic carboxylic acids is 1. The van der Waals surface area contributed by atoms with Crippen LogP contribution in [-0.2, 0) is 11.4 Å². The normalized spacial score (nSPS) is 11.7. The Bertz CT molecular complexity index is 793. The van der Waals surface area contributed by atoms with Crippen molar-refractivity contribution < 1.29 is 24.2 Å². The number of hydrogen-bond acceptors (Lipinski definition) is 5. The molecule has 1 amide bonds. The van der Waals surface area contributed by atoms with Crippen molar-refractivity contribution in [1.29, 1.82) is 0 Å². The molecule has 2 rings (SSSR count). The number of nitrogens with one attached hydrogen (secondary N) is 1. The molecular formula is C21H26N2O5. The molecule has 0 aliphatic carbocycles. The molecule has 0 spiro atoms. The van der Waals surface area contributed by atoms with E-state index in [1.807, 2.05) is 32.9 Å². The van der Waals surface area contributed by atoms with Gasteiger partial charge < -0.3 is 19.9 Å². The van der Waals surface area contributed by atoms with Crippen LogP contribution >= 0.6 is 0 Å². The number of carboxylic acid groups (broad SMARTS) is 1. The summed E-state index contributed by atoms with van der Waals surface area (Å²) in [6, 6.07) is 7.58. The topological polar surface area (TPSA) is 97.8 Å². The summed E-state index contributed by atoms with van der Waals surface area (Å²) in [6.07, 6.45) is 3.75. The Labute approximate surface area is 164 Å². The fourth-order valence-corrected chi connectivity index (χ4v) is 2.62. The van der Waals surface area contributed by atoms with Crippen LogP contribution in [0.2, 0.25) is 0 Å². The van der Waals surface area contributed by atoms with Crippen LogP contribution in [0.3, 0.4) is 0 Å². The minimum absolute atomic E-state index is 0.142. The second-order valence-corrected chi connectivity index (χ2v) is 6.74. The molecule has 1 aromatic heterocycles. The van der Waals surface area contributed by atoms with Crippen LogP contribution in [0.5, 0.6) is 11.5 Å². The van der Waals surface area contributed by atoms with Gasteiger partial charge in [0.2, 0.25) is 0 Å². The van der Waals surface area contributed by atoms with E-state index in [1.54, 1.807) is 30.6 Å². The number of benzene rings is 1. The van der Waals surface area contributed by atoms with Crippen LogP contribution in [0.4, 0.5) is 0 Å². The van der Waals surface area contributed by atoms with Gasteiger partial charge in [-0.25, -0.2) is 4.79 Å². The lowest BCUT2D eigenvalue weighted by molar-refractivity contribution is -0.139. The molecule has 2 N–H and O–H groups in total. The van der Waals surface area contributed by atoms with Crippen molar-refractivity contribution in [1.82, 2.24) is 10.3 Å². The van der Waals surface area contributed by atoms with Crippen LogP contribution < -0.4 is 14.8 Å². The van der Waals surface area contributed by atoms with Gasteiger partial charge in [-0.1, -0.05) is 19.9 Å². The Kier molecular flexibility index (Phi) is 7.80. The van der Waals surface area contributed by atoms with Crippen LogP contribution in [0.25, 0.3) is 0 Å². The van der Waals surface area contributed by atoms with Crippen molar-refractivity contribution in [2.45, 2.75) is 39.8 Å². The lowest BCUT2D eigenvalue weighted by Crippen LogP contribution is -2.41. The van der Waals surface area contributed by atoms with Gasteiger partial charge in [0.1, 0.15) is 12.6 Å². The van der Waals surface area contributed by atoms with Gasteiger partial charge in [0.25, 0.3) is 5.91 Å². The fourth-order valence-electron chi connectivity index (χ4n) is 2.62. The molecule has 0 saturated heterocycles. The number of rotatable bonds is 10. The lowest BCUT2D eigenvalue weighted by atomic mass is 10.0. The van der Waals surface area contributed by atoms with Gasteiger partial charge in [-0.2, -0.15) is 0 Å². The maximum atomic E-state index is 12.5. The number of hydrogen-bond donors (Lipinski definition) is 2. The number of carboxylic acids is 1. The molecule has 0 radical (unpaired) electrons. The largest absolute Gasteiger partial charge is 0.490 e. The molecule has 0 aliphatic heterocycles. The zero-order chi connectivity index (χ0) is 20.5. The van der Waals surface area contributed by atoms with Crippen LogP contribution in [0.1, 0.15) is 43.1 Å². The number of aromatic nitrogens is 1. The average Bonchev–Trinajstić information content (AvgIpc) is 2.67. The van der Waals surface area contributed by atoms with Crippen molar-refractivity contribution in [3.63, 3.8) is 0 Å². The van der Waals surface area contributed by atoms with E-state index in [-0.39, 0.29) is 5.92 Å². The molecule has 0 fully saturated rings. The first kappa shape index (κ1) is 21.2. The standard InChI is InChI=1S/C21H26N2O5/c1-4-27-19-11-16(20(24)23-17(21(25)26)10-14(2)3)7-8-18(19)28-13-15-6-5-9-22-12-15/h5-9,11-12,14,17H,4,10,13H2,1-3H3,(H,23,24)(H,25,26)/t17-/m0/s1. The summed E-state index contributed by atoms with van der Waals surface area (Å²) in [5.41, 5.74) is 1.22. The highest BCUT2D eigenvalue weighted by Crippen LogP contribution is 2.29. The predicted molar refractivity (Wildman–Crippen MR) is 105 cm³/mol. The van der Waals surface area contributed by atoms with Gasteiger partial charge in [-0.15, -0.1) is 0 Å². The number of ether oxygens (including phenoxy) is 2. The maximum absolute atomic E-state index is 12.5. The second kappa shape index (κ2) is 10.3. The molecule has 1 aromatic carbocycles. The third kappa shape index (κ3) is 6.26. The molecular weight excluding hydrogens is 360 g/mol. The average molecular weight is 386 g/mol. The van der Waals surface area contributed by atoms with Crippen LogP contribution in [-0.4, -0.2) is 34.6 Å². The van der Waals surface area contributed by atoms with Gasteiger partial charge in [0.15, 0.2) is 11.5 Å². The second-order valence-electron chi connectivity index (χ2n) is 6.74. The van der Waals surface area contributed by atoms with Gasteiger partial charge in [0.05, 0.1) is 6.61 Å². The molecule has 0 aliphatic rings. The van der Waals surface area contributed by atoms with Gasteiger partial charge in [0, 0.05) is 23.5 Å². The highest BCUT2D eigenvalue weighted by Gasteiger charge is 2.22. The molecule has 0 bridgehead atoms. The van der Waals surface area contributed by atoms with Crippen LogP contribution in [0, 0.1) is 5.92 Å². The summed E-state index contributed by atoms with van der Waals surface area (Å²) >= 11 is 0. The Morgan fingerprint density at radius 3 is 2.57 bits per heavy atom. The Balaban J connectivity index is 2.13. The Morgan fingerprint density at radius 2 is 1.96 bits per heavy atom. The van der Waals surface area contributed by atoms with Gasteiger partial charge >= 0.3 is 5.97 Å². The minimum atomic E-state index is -1.05. The SMILES string of the molecule is CCOc1cc(C(=O)N[C@@H](CC(C)C)C(=O)O)ccc1OCc1cccnc1. The summed E-state index contributed by atoms with van der Waals surface area (Å²) < 4.78 is 11.4. The number of amides is 1. The molecule has 7 nitrogen and oxygen atoms in total. The van der Waals surface area contributed by atoms with E-state index in [9.17, 15) is 14.7 Å². The van der Waals surface area contributed by atoms with E-state index >= 15 is 0 Å². The summed E-state index contributed by atoms with van der Waals surface area (Å²) in [5.74, 6) is -0.450. The van der Waals surface area contributed by atoms with Crippen molar-refractivity contribution in [2.24, 2.45) is 5.92 Å². The quantitative estimate of drug-likeness (QED) is 0.650. The summed E-state index contributed by atoms with van der Waals surface area (Å²) in [6.45, 7) is 6.36. The maximum Gasteiger partial charge on any atom is 0.326 e. The van der Waals surface area contributed by atoms with E-state index in [1.165, 1.54) is 0 Å². The number of nitrogens with zero attached hydrogens (tertiary/aromatic N) is 1. The van der Waals surface area contributed by atoms with Gasteiger partial charge in [-0.05, 0) is 43.5 Å². The smallest absolute Gasteiger partial charge is 0.326 e. The molecule has 1 atom stereocenters. The highest BCUT2D eigenvalue weighted by atomic mass is 16.5. The van der Waals surface area contributed by atoms with Crippen molar-refractivity contribution >= 4 is 11.9 Å². The summed E-state index contributed by atoms with van der Waals surface area (Å²) in [5, 5.41) is 11.9.